The van der Waals surface area contributed by atoms with E-state index in [1.54, 1.807) is 11.8 Å². The van der Waals surface area contributed by atoms with Crippen LogP contribution in [0.5, 0.6) is 0 Å². The molecular formula is C29H36Cl2N2O2S2. The van der Waals surface area contributed by atoms with Crippen molar-refractivity contribution in [3.63, 3.8) is 0 Å². The van der Waals surface area contributed by atoms with Crippen molar-refractivity contribution in [3.8, 4) is 0 Å². The molecule has 2 heterocycles. The number of aryl methyl sites for hydroxylation is 4. The summed E-state index contributed by atoms with van der Waals surface area (Å²) in [5, 5.41) is 2.49. The normalized spacial score (nSPS) is 15.9. The van der Waals surface area contributed by atoms with Gasteiger partial charge in [0.05, 0.1) is 44.1 Å². The molecule has 0 radical (unpaired) electrons. The number of benzene rings is 2. The smallest absolute Gasteiger partial charge is 0.336 e. The second-order valence-corrected chi connectivity index (χ2v) is 11.6. The fraction of sp³-hybridized carbons (Fsp3) is 0.448. The van der Waals surface area contributed by atoms with Gasteiger partial charge in [0.2, 0.25) is 0 Å². The van der Waals surface area contributed by atoms with Crippen molar-refractivity contribution in [1.82, 2.24) is 0 Å². The Labute approximate surface area is 241 Å². The van der Waals surface area contributed by atoms with Crippen molar-refractivity contribution in [3.05, 3.63) is 67.2 Å². The summed E-state index contributed by atoms with van der Waals surface area (Å²) in [6.45, 7) is 10.1. The van der Waals surface area contributed by atoms with Crippen LogP contribution < -0.4 is 9.80 Å². The number of halogens is 2. The molecule has 1 fully saturated rings. The van der Waals surface area contributed by atoms with Crippen LogP contribution in [0.4, 0.5) is 11.4 Å². The molecular weight excluding hydrogens is 543 g/mol. The standard InChI is InChI=1S/C16H20ClNO2S.C13H16ClNS/c1-10-8-11(2)14(13(17)9-10)18-7-5-6-12(15(18)21-4)16(19)20-3;1-9-7-10(2)13(11(14)8-9)15-6-4-3-5-12(15)16/h8-9H,5-7H2,1-4H3;7-8H,3-6H2,1-2H3. The van der Waals surface area contributed by atoms with E-state index in [0.29, 0.717) is 0 Å². The largest absolute Gasteiger partial charge is 0.466 e. The van der Waals surface area contributed by atoms with Crippen LogP contribution in [0.15, 0.2) is 34.9 Å². The van der Waals surface area contributed by atoms with E-state index in [9.17, 15) is 4.79 Å². The van der Waals surface area contributed by atoms with Crippen LogP contribution in [0.3, 0.4) is 0 Å². The van der Waals surface area contributed by atoms with Crippen molar-refractivity contribution in [2.45, 2.75) is 59.8 Å². The predicted molar refractivity (Wildman–Crippen MR) is 165 cm³/mol. The summed E-state index contributed by atoms with van der Waals surface area (Å²) in [6, 6.07) is 8.26. The molecule has 0 bridgehead atoms. The lowest BCUT2D eigenvalue weighted by atomic mass is 10.0. The summed E-state index contributed by atoms with van der Waals surface area (Å²) in [4.78, 5) is 17.4. The van der Waals surface area contributed by atoms with Gasteiger partial charge in [-0.3, -0.25) is 0 Å². The Morgan fingerprint density at radius 3 is 1.89 bits per heavy atom. The molecule has 37 heavy (non-hydrogen) atoms. The Kier molecular flexibility index (Phi) is 10.8. The maximum absolute atomic E-state index is 12.0. The van der Waals surface area contributed by atoms with Gasteiger partial charge in [-0.25, -0.2) is 4.79 Å². The Hall–Kier alpha value is -1.73. The van der Waals surface area contributed by atoms with Crippen LogP contribution in [0, 0.1) is 27.7 Å². The second kappa shape index (κ2) is 13.4. The lowest BCUT2D eigenvalue weighted by molar-refractivity contribution is -0.136. The number of methoxy groups -OCH3 is 1. The summed E-state index contributed by atoms with van der Waals surface area (Å²) < 4.78 is 4.92. The number of hydrogen-bond acceptors (Lipinski definition) is 5. The number of carbonyl (C=O) groups is 1. The predicted octanol–water partition coefficient (Wildman–Crippen LogP) is 8.58. The van der Waals surface area contributed by atoms with Crippen LogP contribution in [-0.2, 0) is 9.53 Å². The molecule has 0 atom stereocenters. The average molecular weight is 580 g/mol. The first kappa shape index (κ1) is 29.8. The van der Waals surface area contributed by atoms with E-state index in [1.807, 2.05) is 25.3 Å². The number of rotatable bonds is 4. The van der Waals surface area contributed by atoms with E-state index in [1.165, 1.54) is 31.1 Å². The first-order chi connectivity index (χ1) is 17.6. The number of esters is 1. The van der Waals surface area contributed by atoms with E-state index in [0.717, 1.165) is 80.5 Å². The minimum absolute atomic E-state index is 0.245. The first-order valence-electron chi connectivity index (χ1n) is 12.6. The van der Waals surface area contributed by atoms with Gasteiger partial charge in [-0.1, -0.05) is 47.6 Å². The van der Waals surface area contributed by atoms with Gasteiger partial charge in [-0.05, 0) is 100 Å². The zero-order chi connectivity index (χ0) is 27.3. The SMILES string of the molecule is COC(=O)C1=C(SC)N(c2c(C)cc(C)cc2Cl)CCC1.Cc1cc(C)c(N2CCCCC2=S)c(Cl)c1. The van der Waals surface area contributed by atoms with Crippen molar-refractivity contribution < 1.29 is 9.53 Å². The molecule has 2 aromatic rings. The molecule has 0 amide bonds. The summed E-state index contributed by atoms with van der Waals surface area (Å²) in [7, 11) is 1.43. The van der Waals surface area contributed by atoms with Gasteiger partial charge in [-0.15, -0.1) is 11.8 Å². The van der Waals surface area contributed by atoms with E-state index in [4.69, 9.17) is 40.2 Å². The van der Waals surface area contributed by atoms with Crippen molar-refractivity contribution in [1.29, 1.82) is 0 Å². The van der Waals surface area contributed by atoms with Crippen molar-refractivity contribution >= 4 is 69.5 Å². The van der Waals surface area contributed by atoms with Gasteiger partial charge in [0, 0.05) is 13.1 Å². The maximum Gasteiger partial charge on any atom is 0.336 e. The Morgan fingerprint density at radius 1 is 0.865 bits per heavy atom. The zero-order valence-electron chi connectivity index (χ0n) is 22.5. The lowest BCUT2D eigenvalue weighted by Crippen LogP contribution is -2.34. The van der Waals surface area contributed by atoms with Gasteiger partial charge in [0.25, 0.3) is 0 Å². The van der Waals surface area contributed by atoms with Crippen LogP contribution in [0.1, 0.15) is 54.4 Å². The highest BCUT2D eigenvalue weighted by atomic mass is 35.5. The number of piperidine rings is 1. The monoisotopic (exact) mass is 578 g/mol. The van der Waals surface area contributed by atoms with Gasteiger partial charge >= 0.3 is 5.97 Å². The Balaban J connectivity index is 0.000000213. The molecule has 0 unspecified atom stereocenters. The summed E-state index contributed by atoms with van der Waals surface area (Å²) in [5.74, 6) is -0.245. The van der Waals surface area contributed by atoms with Crippen LogP contribution >= 0.6 is 47.2 Å². The van der Waals surface area contributed by atoms with Crippen LogP contribution in [0.2, 0.25) is 10.0 Å². The fourth-order valence-electron chi connectivity index (χ4n) is 5.09. The first-order valence-corrected chi connectivity index (χ1v) is 14.9. The van der Waals surface area contributed by atoms with E-state index in [2.05, 4.69) is 42.7 Å². The number of ether oxygens (including phenoxy) is 1. The quantitative estimate of drug-likeness (QED) is 0.267. The zero-order valence-corrected chi connectivity index (χ0v) is 25.7. The lowest BCUT2D eigenvalue weighted by Gasteiger charge is -2.33. The Bertz CT molecular complexity index is 1170. The third-order valence-electron chi connectivity index (χ3n) is 6.60. The van der Waals surface area contributed by atoms with Crippen molar-refractivity contribution in [2.75, 3.05) is 36.3 Å². The number of thioether (sulfide) groups is 1. The summed E-state index contributed by atoms with van der Waals surface area (Å²) in [6.07, 6.45) is 7.06. The molecule has 4 rings (SSSR count). The molecule has 2 aliphatic heterocycles. The van der Waals surface area contributed by atoms with E-state index in [-0.39, 0.29) is 5.97 Å². The third-order valence-corrected chi connectivity index (χ3v) is 8.45. The molecule has 4 nitrogen and oxygen atoms in total. The molecule has 2 aliphatic rings. The van der Waals surface area contributed by atoms with Gasteiger partial charge in [0.1, 0.15) is 0 Å². The number of anilines is 2. The maximum atomic E-state index is 12.0. The number of hydrogen-bond donors (Lipinski definition) is 0. The van der Waals surface area contributed by atoms with E-state index < -0.39 is 0 Å². The number of thiocarbonyl (C=S) groups is 1. The summed E-state index contributed by atoms with van der Waals surface area (Å²) >= 11 is 19.8. The molecule has 1 saturated heterocycles. The van der Waals surface area contributed by atoms with Gasteiger partial charge in [0.15, 0.2) is 0 Å². The number of nitrogens with zero attached hydrogens (tertiary/aromatic N) is 2. The molecule has 0 aliphatic carbocycles. The molecule has 0 aromatic heterocycles. The molecule has 2 aromatic carbocycles. The third kappa shape index (κ3) is 7.03. The summed E-state index contributed by atoms with van der Waals surface area (Å²) in [5.41, 5.74) is 7.53. The molecule has 200 valence electrons. The molecule has 8 heteroatoms. The number of carbonyl (C=O) groups excluding carboxylic acids is 1. The molecule has 0 saturated carbocycles. The highest BCUT2D eigenvalue weighted by Crippen LogP contribution is 2.40. The van der Waals surface area contributed by atoms with Crippen LogP contribution in [0.25, 0.3) is 0 Å². The highest BCUT2D eigenvalue weighted by Gasteiger charge is 2.28. The van der Waals surface area contributed by atoms with Gasteiger partial charge in [-0.2, -0.15) is 0 Å². The minimum atomic E-state index is -0.245. The second-order valence-electron chi connectivity index (χ2n) is 9.56. The topological polar surface area (TPSA) is 32.8 Å². The fourth-order valence-corrected chi connectivity index (χ4v) is 7.09. The average Bonchev–Trinajstić information content (AvgIpc) is 2.83. The Morgan fingerprint density at radius 2 is 1.41 bits per heavy atom. The molecule has 0 spiro atoms. The van der Waals surface area contributed by atoms with Crippen LogP contribution in [-0.4, -0.2) is 37.4 Å². The van der Waals surface area contributed by atoms with Crippen molar-refractivity contribution in [2.24, 2.45) is 0 Å². The van der Waals surface area contributed by atoms with E-state index >= 15 is 0 Å². The highest BCUT2D eigenvalue weighted by molar-refractivity contribution is 8.02. The minimum Gasteiger partial charge on any atom is -0.466 e. The molecule has 0 N–H and O–H groups in total. The van der Waals surface area contributed by atoms with Gasteiger partial charge < -0.3 is 14.5 Å².